The molecule has 0 radical (unpaired) electrons. The quantitative estimate of drug-likeness (QED) is 0.590. The van der Waals surface area contributed by atoms with Gasteiger partial charge in [-0.3, -0.25) is 9.20 Å². The number of aromatic nitrogens is 3. The van der Waals surface area contributed by atoms with E-state index in [0.29, 0.717) is 16.7 Å². The fourth-order valence-corrected chi connectivity index (χ4v) is 1.98. The molecule has 0 spiro atoms. The summed E-state index contributed by atoms with van der Waals surface area (Å²) in [6.07, 6.45) is 3.51. The van der Waals surface area contributed by atoms with Crippen molar-refractivity contribution in [3.05, 3.63) is 51.5 Å². The Morgan fingerprint density at radius 3 is 3.00 bits per heavy atom. The van der Waals surface area contributed by atoms with Gasteiger partial charge in [0, 0.05) is 16.9 Å². The zero-order valence-corrected chi connectivity index (χ0v) is 9.68. The van der Waals surface area contributed by atoms with Crippen LogP contribution in [-0.2, 0) is 0 Å². The van der Waals surface area contributed by atoms with Crippen molar-refractivity contribution in [2.45, 2.75) is 0 Å². The van der Waals surface area contributed by atoms with Crippen molar-refractivity contribution in [2.75, 3.05) is 0 Å². The number of rotatable bonds is 0. The molecule has 3 rings (SSSR count). The van der Waals surface area contributed by atoms with E-state index in [-0.39, 0.29) is 5.56 Å². The van der Waals surface area contributed by atoms with Gasteiger partial charge in [0.05, 0.1) is 5.39 Å². The number of pyridine rings is 2. The van der Waals surface area contributed by atoms with Crippen LogP contribution in [0.1, 0.15) is 0 Å². The van der Waals surface area contributed by atoms with Crippen molar-refractivity contribution in [1.82, 2.24) is 14.4 Å². The van der Waals surface area contributed by atoms with E-state index in [1.54, 1.807) is 28.8 Å². The zero-order chi connectivity index (χ0) is 11.1. The predicted molar refractivity (Wildman–Crippen MR) is 64.5 cm³/mol. The molecule has 4 nitrogen and oxygen atoms in total. The first kappa shape index (κ1) is 9.47. The molecule has 0 amide bonds. The van der Waals surface area contributed by atoms with Gasteiger partial charge in [-0.2, -0.15) is 4.98 Å². The first-order valence-corrected chi connectivity index (χ1v) is 5.48. The molecule has 16 heavy (non-hydrogen) atoms. The second kappa shape index (κ2) is 3.38. The van der Waals surface area contributed by atoms with Gasteiger partial charge in [0.1, 0.15) is 5.65 Å². The number of fused-ring (bicyclic) bond motifs is 3. The average Bonchev–Trinajstić information content (AvgIpc) is 2.31. The van der Waals surface area contributed by atoms with Gasteiger partial charge in [-0.1, -0.05) is 0 Å². The highest BCUT2D eigenvalue weighted by atomic mass is 79.9. The van der Waals surface area contributed by atoms with E-state index in [2.05, 4.69) is 25.9 Å². The van der Waals surface area contributed by atoms with Gasteiger partial charge in [-0.05, 0) is 40.2 Å². The van der Waals surface area contributed by atoms with E-state index in [4.69, 9.17) is 0 Å². The summed E-state index contributed by atoms with van der Waals surface area (Å²) in [5.74, 6) is 0. The third-order valence-corrected chi connectivity index (χ3v) is 2.82. The zero-order valence-electron chi connectivity index (χ0n) is 8.09. The van der Waals surface area contributed by atoms with Gasteiger partial charge < -0.3 is 0 Å². The van der Waals surface area contributed by atoms with Crippen LogP contribution in [0.25, 0.3) is 16.7 Å². The molecule has 0 atom stereocenters. The van der Waals surface area contributed by atoms with Crippen LogP contribution in [0, 0.1) is 0 Å². The van der Waals surface area contributed by atoms with Crippen molar-refractivity contribution >= 4 is 32.6 Å². The Labute approximate surface area is 98.7 Å². The molecule has 0 aliphatic rings. The van der Waals surface area contributed by atoms with Crippen LogP contribution >= 0.6 is 15.9 Å². The largest absolute Gasteiger partial charge is 0.284 e. The Hall–Kier alpha value is -1.75. The van der Waals surface area contributed by atoms with Crippen LogP contribution in [0.15, 0.2) is 45.9 Å². The fraction of sp³-hybridized carbons (Fsp3) is 0. The van der Waals surface area contributed by atoms with Crippen LogP contribution in [-0.4, -0.2) is 14.4 Å². The first-order chi connectivity index (χ1) is 7.75. The molecule has 0 unspecified atom stereocenters. The Morgan fingerprint density at radius 2 is 2.12 bits per heavy atom. The molecule has 0 aromatic carbocycles. The lowest BCUT2D eigenvalue weighted by Gasteiger charge is -2.04. The van der Waals surface area contributed by atoms with Crippen molar-refractivity contribution in [2.24, 2.45) is 0 Å². The number of nitrogens with zero attached hydrogens (tertiary/aromatic N) is 3. The molecule has 0 aliphatic heterocycles. The highest BCUT2D eigenvalue weighted by Gasteiger charge is 2.05. The minimum absolute atomic E-state index is 0.245. The highest BCUT2D eigenvalue weighted by Crippen LogP contribution is 2.13. The summed E-state index contributed by atoms with van der Waals surface area (Å²) in [7, 11) is 0. The molecule has 0 saturated carbocycles. The minimum atomic E-state index is -0.245. The Kier molecular flexibility index (Phi) is 2.00. The first-order valence-electron chi connectivity index (χ1n) is 4.68. The van der Waals surface area contributed by atoms with E-state index in [1.807, 2.05) is 12.3 Å². The smallest absolute Gasteiger partial charge is 0.282 e. The molecular formula is C11H6BrN3O. The maximum absolute atomic E-state index is 11.7. The standard InChI is InChI=1S/C11H6BrN3O/c12-7-3-4-9-14-11(16)8-2-1-5-13-10(8)15(9)6-7/h1-6H. The fourth-order valence-electron chi connectivity index (χ4n) is 1.65. The maximum atomic E-state index is 11.7. The lowest BCUT2D eigenvalue weighted by Crippen LogP contribution is -2.11. The van der Waals surface area contributed by atoms with Gasteiger partial charge in [0.15, 0.2) is 5.65 Å². The molecule has 0 aliphatic carbocycles. The average molecular weight is 276 g/mol. The van der Waals surface area contributed by atoms with Gasteiger partial charge in [-0.25, -0.2) is 4.98 Å². The summed E-state index contributed by atoms with van der Waals surface area (Å²) in [6, 6.07) is 7.08. The van der Waals surface area contributed by atoms with Crippen molar-refractivity contribution in [3.8, 4) is 0 Å². The monoisotopic (exact) mass is 275 g/mol. The van der Waals surface area contributed by atoms with Crippen molar-refractivity contribution in [3.63, 3.8) is 0 Å². The van der Waals surface area contributed by atoms with Crippen molar-refractivity contribution in [1.29, 1.82) is 0 Å². The highest BCUT2D eigenvalue weighted by molar-refractivity contribution is 9.10. The summed E-state index contributed by atoms with van der Waals surface area (Å²) >= 11 is 3.38. The number of hydrogen-bond donors (Lipinski definition) is 0. The molecule has 0 bridgehead atoms. The van der Waals surface area contributed by atoms with E-state index >= 15 is 0 Å². The lowest BCUT2D eigenvalue weighted by molar-refractivity contribution is 1.09. The van der Waals surface area contributed by atoms with Gasteiger partial charge in [-0.15, -0.1) is 0 Å². The molecule has 5 heteroatoms. The van der Waals surface area contributed by atoms with E-state index < -0.39 is 0 Å². The Balaban J connectivity index is 2.66. The van der Waals surface area contributed by atoms with Crippen LogP contribution in [0.4, 0.5) is 0 Å². The van der Waals surface area contributed by atoms with Crippen LogP contribution < -0.4 is 5.56 Å². The molecular weight excluding hydrogens is 270 g/mol. The van der Waals surface area contributed by atoms with Gasteiger partial charge >= 0.3 is 0 Å². The predicted octanol–water partition coefficient (Wildman–Crippen LogP) is 2.01. The SMILES string of the molecule is O=c1nc2ccc(Br)cn2c2ncccc12. The second-order valence-corrected chi connectivity index (χ2v) is 4.28. The third-order valence-electron chi connectivity index (χ3n) is 2.35. The summed E-state index contributed by atoms with van der Waals surface area (Å²) in [6.45, 7) is 0. The summed E-state index contributed by atoms with van der Waals surface area (Å²) in [5, 5.41) is 0.526. The Morgan fingerprint density at radius 1 is 1.25 bits per heavy atom. The molecule has 0 fully saturated rings. The maximum Gasteiger partial charge on any atom is 0.282 e. The van der Waals surface area contributed by atoms with Crippen LogP contribution in [0.3, 0.4) is 0 Å². The van der Waals surface area contributed by atoms with Crippen molar-refractivity contribution < 1.29 is 0 Å². The van der Waals surface area contributed by atoms with E-state index in [9.17, 15) is 4.79 Å². The molecule has 0 saturated heterocycles. The van der Waals surface area contributed by atoms with E-state index in [1.165, 1.54) is 0 Å². The Bertz CT molecular complexity index is 751. The number of halogens is 1. The third kappa shape index (κ3) is 1.32. The topological polar surface area (TPSA) is 47.3 Å². The molecule has 0 N–H and O–H groups in total. The van der Waals surface area contributed by atoms with E-state index in [0.717, 1.165) is 4.47 Å². The summed E-state index contributed by atoms with van der Waals surface area (Å²) in [4.78, 5) is 19.9. The van der Waals surface area contributed by atoms with Crippen LogP contribution in [0.2, 0.25) is 0 Å². The normalized spacial score (nSPS) is 11.1. The minimum Gasteiger partial charge on any atom is -0.284 e. The van der Waals surface area contributed by atoms with Gasteiger partial charge in [0.25, 0.3) is 5.56 Å². The molecule has 3 aromatic rings. The molecule has 3 aromatic heterocycles. The van der Waals surface area contributed by atoms with Crippen LogP contribution in [0.5, 0.6) is 0 Å². The second-order valence-electron chi connectivity index (χ2n) is 3.37. The van der Waals surface area contributed by atoms with Gasteiger partial charge in [0.2, 0.25) is 0 Å². The molecule has 78 valence electrons. The summed E-state index contributed by atoms with van der Waals surface area (Å²) < 4.78 is 2.71. The molecule has 3 heterocycles. The number of hydrogen-bond acceptors (Lipinski definition) is 3. The summed E-state index contributed by atoms with van der Waals surface area (Å²) in [5.41, 5.74) is 0.976. The lowest BCUT2D eigenvalue weighted by atomic mass is 10.3.